The third-order valence-corrected chi connectivity index (χ3v) is 5.19. The van der Waals surface area contributed by atoms with Crippen LogP contribution in [0.5, 0.6) is 0 Å². The zero-order chi connectivity index (χ0) is 16.0. The highest BCUT2D eigenvalue weighted by Gasteiger charge is 2.66. The van der Waals surface area contributed by atoms with Crippen molar-refractivity contribution in [2.45, 2.75) is 25.0 Å². The molecule has 0 amide bonds. The predicted molar refractivity (Wildman–Crippen MR) is 80.4 cm³/mol. The fourth-order valence-electron chi connectivity index (χ4n) is 2.47. The lowest BCUT2D eigenvalue weighted by atomic mass is 9.60. The Morgan fingerprint density at radius 2 is 1.95 bits per heavy atom. The Morgan fingerprint density at radius 3 is 2.38 bits per heavy atom. The van der Waals surface area contributed by atoms with Crippen molar-refractivity contribution >= 4 is 40.3 Å². The van der Waals surface area contributed by atoms with Gasteiger partial charge in [0, 0.05) is 11.7 Å². The van der Waals surface area contributed by atoms with Crippen molar-refractivity contribution in [1.82, 2.24) is 0 Å². The number of nitrogens with zero attached hydrogens (tertiary/aromatic N) is 1. The van der Waals surface area contributed by atoms with Gasteiger partial charge in [0.25, 0.3) is 0 Å². The predicted octanol–water partition coefficient (Wildman–Crippen LogP) is 1.68. The molecule has 0 radical (unpaired) electrons. The van der Waals surface area contributed by atoms with E-state index in [0.29, 0.717) is 6.61 Å². The summed E-state index contributed by atoms with van der Waals surface area (Å²) >= 11 is 6.18. The third kappa shape index (κ3) is 3.30. The molecule has 0 aliphatic heterocycles. The molecule has 0 aromatic rings. The first-order chi connectivity index (χ1) is 9.97. The standard InChI is InChI=1S/C13H17NO5S2/c1-4-19-12(20)21-9-8(5-6-14)7-13(9,10(15)17-2)11(16)18-3/h8-9H,4-5,7H2,1-3H3/t8-,9+/m0/s1. The normalized spacial score (nSPS) is 22.4. The first-order valence-corrected chi connectivity index (χ1v) is 7.63. The van der Waals surface area contributed by atoms with E-state index in [-0.39, 0.29) is 23.1 Å². The van der Waals surface area contributed by atoms with Crippen molar-refractivity contribution in [3.8, 4) is 6.07 Å². The number of thiocarbonyl (C=S) groups is 1. The minimum Gasteiger partial charge on any atom is -0.479 e. The van der Waals surface area contributed by atoms with Gasteiger partial charge in [0.1, 0.15) is 0 Å². The quantitative estimate of drug-likeness (QED) is 0.427. The molecule has 0 aromatic carbocycles. The number of rotatable bonds is 5. The lowest BCUT2D eigenvalue weighted by molar-refractivity contribution is -0.178. The molecule has 1 rings (SSSR count). The Bertz CT molecular complexity index is 458. The number of nitriles is 1. The van der Waals surface area contributed by atoms with Gasteiger partial charge < -0.3 is 14.2 Å². The van der Waals surface area contributed by atoms with Crippen LogP contribution < -0.4 is 0 Å². The number of hydrogen-bond acceptors (Lipinski definition) is 8. The molecule has 1 fully saturated rings. The number of methoxy groups -OCH3 is 2. The van der Waals surface area contributed by atoms with Gasteiger partial charge in [-0.3, -0.25) is 9.59 Å². The Labute approximate surface area is 133 Å². The average molecular weight is 331 g/mol. The van der Waals surface area contributed by atoms with E-state index < -0.39 is 22.6 Å². The summed E-state index contributed by atoms with van der Waals surface area (Å²) in [5.74, 6) is -1.47. The summed E-state index contributed by atoms with van der Waals surface area (Å²) in [6, 6.07) is 2.05. The van der Waals surface area contributed by atoms with Gasteiger partial charge in [0.15, 0.2) is 5.41 Å². The number of ether oxygens (including phenoxy) is 3. The molecule has 0 N–H and O–H groups in total. The van der Waals surface area contributed by atoms with Crippen molar-refractivity contribution in [2.24, 2.45) is 11.3 Å². The van der Waals surface area contributed by atoms with E-state index in [1.807, 2.05) is 0 Å². The van der Waals surface area contributed by atoms with Crippen molar-refractivity contribution < 1.29 is 23.8 Å². The second-order valence-corrected chi connectivity index (χ2v) is 6.25. The molecule has 0 aromatic heterocycles. The molecule has 1 aliphatic rings. The number of carbonyl (C=O) groups is 2. The topological polar surface area (TPSA) is 85.6 Å². The summed E-state index contributed by atoms with van der Waals surface area (Å²) in [4.78, 5) is 24.2. The molecule has 0 bridgehead atoms. The zero-order valence-corrected chi connectivity index (χ0v) is 13.7. The Balaban J connectivity index is 3.05. The Morgan fingerprint density at radius 1 is 1.38 bits per heavy atom. The lowest BCUT2D eigenvalue weighted by Crippen LogP contribution is -2.61. The van der Waals surface area contributed by atoms with Gasteiger partial charge in [-0.15, -0.1) is 0 Å². The molecule has 2 atom stereocenters. The van der Waals surface area contributed by atoms with Gasteiger partial charge in [-0.25, -0.2) is 0 Å². The molecule has 0 heterocycles. The smallest absolute Gasteiger partial charge is 0.324 e. The third-order valence-electron chi connectivity index (χ3n) is 3.44. The van der Waals surface area contributed by atoms with Crippen molar-refractivity contribution in [2.75, 3.05) is 20.8 Å². The maximum Gasteiger partial charge on any atom is 0.324 e. The van der Waals surface area contributed by atoms with Crippen LogP contribution in [0.25, 0.3) is 0 Å². The van der Waals surface area contributed by atoms with Crippen LogP contribution in [-0.4, -0.2) is 42.4 Å². The van der Waals surface area contributed by atoms with Gasteiger partial charge in [-0.2, -0.15) is 5.26 Å². The monoisotopic (exact) mass is 331 g/mol. The molecule has 1 saturated carbocycles. The zero-order valence-electron chi connectivity index (χ0n) is 12.1. The molecular weight excluding hydrogens is 314 g/mol. The van der Waals surface area contributed by atoms with Crippen molar-refractivity contribution in [3.05, 3.63) is 0 Å². The summed E-state index contributed by atoms with van der Waals surface area (Å²) in [6.45, 7) is 2.18. The lowest BCUT2D eigenvalue weighted by Gasteiger charge is -2.49. The van der Waals surface area contributed by atoms with E-state index in [1.54, 1.807) is 6.92 Å². The summed E-state index contributed by atoms with van der Waals surface area (Å²) in [5.41, 5.74) is -1.42. The fourth-order valence-corrected chi connectivity index (χ4v) is 4.17. The summed E-state index contributed by atoms with van der Waals surface area (Å²) < 4.78 is 15.0. The number of carbonyl (C=O) groups excluding carboxylic acids is 2. The molecule has 21 heavy (non-hydrogen) atoms. The molecule has 1 aliphatic carbocycles. The molecule has 116 valence electrons. The number of hydrogen-bond donors (Lipinski definition) is 0. The first kappa shape index (κ1) is 17.7. The largest absolute Gasteiger partial charge is 0.479 e. The maximum absolute atomic E-state index is 12.1. The first-order valence-electron chi connectivity index (χ1n) is 6.35. The summed E-state index contributed by atoms with van der Waals surface area (Å²) in [6.07, 6.45) is 0.439. The highest BCUT2D eigenvalue weighted by molar-refractivity contribution is 8.23. The van der Waals surface area contributed by atoms with Gasteiger partial charge >= 0.3 is 11.9 Å². The molecule has 6 nitrogen and oxygen atoms in total. The van der Waals surface area contributed by atoms with E-state index in [0.717, 1.165) is 11.8 Å². The minimum atomic E-state index is -1.42. The molecule has 8 heteroatoms. The second-order valence-electron chi connectivity index (χ2n) is 4.50. The Hall–Kier alpha value is -1.33. The maximum atomic E-state index is 12.1. The van der Waals surface area contributed by atoms with Crippen molar-refractivity contribution in [1.29, 1.82) is 5.26 Å². The van der Waals surface area contributed by atoms with Gasteiger partial charge in [-0.1, -0.05) is 11.8 Å². The van der Waals surface area contributed by atoms with Crippen LogP contribution in [-0.2, 0) is 23.8 Å². The van der Waals surface area contributed by atoms with Crippen molar-refractivity contribution in [3.63, 3.8) is 0 Å². The van der Waals surface area contributed by atoms with Crippen LogP contribution in [0, 0.1) is 22.7 Å². The number of thioether (sulfide) groups is 1. The minimum absolute atomic E-state index is 0.142. The van der Waals surface area contributed by atoms with Gasteiger partial charge in [0.05, 0.1) is 26.9 Å². The van der Waals surface area contributed by atoms with Gasteiger partial charge in [0.2, 0.25) is 4.38 Å². The Kier molecular flexibility index (Phi) is 6.42. The fraction of sp³-hybridized carbons (Fsp3) is 0.692. The van der Waals surface area contributed by atoms with E-state index in [9.17, 15) is 9.59 Å². The number of esters is 2. The SMILES string of the molecule is CCOC(=S)S[C@@H]1[C@@H](CC#N)CC1(C(=O)OC)C(=O)OC. The molecule has 0 saturated heterocycles. The molecular formula is C13H17NO5S2. The summed E-state index contributed by atoms with van der Waals surface area (Å²) in [5, 5.41) is 8.35. The van der Waals surface area contributed by atoms with Crippen LogP contribution in [0.2, 0.25) is 0 Å². The van der Waals surface area contributed by atoms with Gasteiger partial charge in [-0.05, 0) is 31.5 Å². The molecule has 0 spiro atoms. The van der Waals surface area contributed by atoms with Crippen LogP contribution in [0.4, 0.5) is 0 Å². The second kappa shape index (κ2) is 7.61. The van der Waals surface area contributed by atoms with Crippen LogP contribution >= 0.6 is 24.0 Å². The average Bonchev–Trinajstić information content (AvgIpc) is 2.47. The highest BCUT2D eigenvalue weighted by Crippen LogP contribution is 2.55. The van der Waals surface area contributed by atoms with E-state index in [4.69, 9.17) is 31.7 Å². The molecule has 0 unspecified atom stereocenters. The van der Waals surface area contributed by atoms with E-state index in [1.165, 1.54) is 14.2 Å². The van der Waals surface area contributed by atoms with E-state index in [2.05, 4.69) is 6.07 Å². The van der Waals surface area contributed by atoms with Crippen LogP contribution in [0.1, 0.15) is 19.8 Å². The summed E-state index contributed by atoms with van der Waals surface area (Å²) in [7, 11) is 2.43. The highest BCUT2D eigenvalue weighted by atomic mass is 32.2. The van der Waals surface area contributed by atoms with Crippen LogP contribution in [0.3, 0.4) is 0 Å². The van der Waals surface area contributed by atoms with E-state index >= 15 is 0 Å². The van der Waals surface area contributed by atoms with Crippen LogP contribution in [0.15, 0.2) is 0 Å².